The number of hydrogen-bond donors (Lipinski definition) is 2. The summed E-state index contributed by atoms with van der Waals surface area (Å²) in [5.74, 6) is 0.631. The van der Waals surface area contributed by atoms with Crippen molar-refractivity contribution in [3.63, 3.8) is 0 Å². The van der Waals surface area contributed by atoms with Crippen LogP contribution >= 0.6 is 0 Å². The molecule has 0 amide bonds. The number of nitrogens with one attached hydrogen (secondary N) is 1. The molecular formula is C29H26FN3O4. The van der Waals surface area contributed by atoms with Gasteiger partial charge in [0.1, 0.15) is 17.1 Å². The molecule has 0 saturated carbocycles. The molecule has 188 valence electrons. The Kier molecular flexibility index (Phi) is 6.05. The second-order valence-corrected chi connectivity index (χ2v) is 9.23. The van der Waals surface area contributed by atoms with Crippen LogP contribution in [0.5, 0.6) is 11.5 Å². The zero-order chi connectivity index (χ0) is 26.4. The van der Waals surface area contributed by atoms with E-state index < -0.39 is 5.82 Å². The number of nitrogens with zero attached hydrogens (tertiary/aromatic N) is 2. The fourth-order valence-electron chi connectivity index (χ4n) is 4.54. The van der Waals surface area contributed by atoms with Crippen molar-refractivity contribution in [2.45, 2.75) is 20.5 Å². The zero-order valence-electron chi connectivity index (χ0n) is 20.9. The minimum atomic E-state index is -0.491. The largest absolute Gasteiger partial charge is 0.455 e. The highest BCUT2D eigenvalue weighted by Gasteiger charge is 2.20. The first-order chi connectivity index (χ1) is 17.7. The van der Waals surface area contributed by atoms with Gasteiger partial charge in [0.05, 0.1) is 12.8 Å². The van der Waals surface area contributed by atoms with Crippen molar-refractivity contribution >= 4 is 10.9 Å². The standard InChI is InChI=1S/C29H26FN3O4/c1-16-6-5-7-17(2)28(16)37-25-14-32(3)26(35)12-19(25)22-13-33(4)29(36)27-20(22)11-24(31-27)21-10-18(15-34)8-9-23(21)30/h5-14,31,34H,15H2,1-4H3. The Bertz CT molecular complexity index is 1780. The lowest BCUT2D eigenvalue weighted by molar-refractivity contribution is 0.282. The Balaban J connectivity index is 1.78. The van der Waals surface area contributed by atoms with Gasteiger partial charge < -0.3 is 24.0 Å². The Labute approximate surface area is 212 Å². The molecule has 3 heterocycles. The van der Waals surface area contributed by atoms with Gasteiger partial charge in [0.2, 0.25) is 0 Å². The number of halogens is 1. The molecule has 2 aromatic carbocycles. The van der Waals surface area contributed by atoms with Crippen molar-refractivity contribution < 1.29 is 14.2 Å². The van der Waals surface area contributed by atoms with Crippen molar-refractivity contribution in [3.8, 4) is 33.9 Å². The molecule has 0 radical (unpaired) electrons. The molecule has 7 nitrogen and oxygen atoms in total. The molecule has 0 aliphatic heterocycles. The quantitative estimate of drug-likeness (QED) is 0.359. The second kappa shape index (κ2) is 9.22. The number of rotatable bonds is 5. The number of pyridine rings is 2. The molecule has 3 aromatic heterocycles. The van der Waals surface area contributed by atoms with Crippen LogP contribution in [0.4, 0.5) is 4.39 Å². The van der Waals surface area contributed by atoms with Crippen LogP contribution in [0.3, 0.4) is 0 Å². The summed E-state index contributed by atoms with van der Waals surface area (Å²) in [6.07, 6.45) is 3.27. The number of para-hydroxylation sites is 1. The fraction of sp³-hybridized carbons (Fsp3) is 0.172. The van der Waals surface area contributed by atoms with Crippen molar-refractivity contribution in [1.82, 2.24) is 14.1 Å². The summed E-state index contributed by atoms with van der Waals surface area (Å²) in [4.78, 5) is 28.8. The summed E-state index contributed by atoms with van der Waals surface area (Å²) in [5, 5.41) is 10.0. The van der Waals surface area contributed by atoms with Crippen LogP contribution in [0.15, 0.2) is 70.5 Å². The van der Waals surface area contributed by atoms with Gasteiger partial charge in [0.15, 0.2) is 5.75 Å². The molecule has 0 aliphatic carbocycles. The van der Waals surface area contributed by atoms with Gasteiger partial charge in [-0.2, -0.15) is 0 Å². The summed E-state index contributed by atoms with van der Waals surface area (Å²) < 4.78 is 24.0. The molecule has 0 spiro atoms. The molecule has 5 aromatic rings. The Morgan fingerprint density at radius 3 is 2.35 bits per heavy atom. The van der Waals surface area contributed by atoms with Gasteiger partial charge in [0.25, 0.3) is 11.1 Å². The van der Waals surface area contributed by atoms with Gasteiger partial charge in [0, 0.05) is 54.1 Å². The highest BCUT2D eigenvalue weighted by molar-refractivity contribution is 5.98. The van der Waals surface area contributed by atoms with E-state index in [1.807, 2.05) is 32.0 Å². The lowest BCUT2D eigenvalue weighted by Gasteiger charge is -2.17. The number of hydrogen-bond acceptors (Lipinski definition) is 4. The van der Waals surface area contributed by atoms with Gasteiger partial charge in [-0.25, -0.2) is 4.39 Å². The van der Waals surface area contributed by atoms with E-state index in [9.17, 15) is 19.1 Å². The molecule has 0 unspecified atom stereocenters. The van der Waals surface area contributed by atoms with E-state index in [1.165, 1.54) is 33.4 Å². The number of aromatic nitrogens is 3. The molecule has 5 rings (SSSR count). The maximum absolute atomic E-state index is 14.8. The predicted octanol–water partition coefficient (Wildman–Crippen LogP) is 4.94. The van der Waals surface area contributed by atoms with Crippen LogP contribution in [0, 0.1) is 19.7 Å². The average molecular weight is 500 g/mol. The van der Waals surface area contributed by atoms with Gasteiger partial charge in [-0.3, -0.25) is 9.59 Å². The number of aromatic amines is 1. The Hall–Kier alpha value is -4.43. The number of ether oxygens (including phenoxy) is 1. The molecule has 2 N–H and O–H groups in total. The van der Waals surface area contributed by atoms with E-state index in [-0.39, 0.29) is 28.8 Å². The highest BCUT2D eigenvalue weighted by atomic mass is 19.1. The molecule has 0 atom stereocenters. The number of aryl methyl sites for hydroxylation is 4. The van der Waals surface area contributed by atoms with Crippen molar-refractivity contribution in [3.05, 3.63) is 104 Å². The number of H-pyrrole nitrogens is 1. The summed E-state index contributed by atoms with van der Waals surface area (Å²) >= 11 is 0. The van der Waals surface area contributed by atoms with Crippen LogP contribution < -0.4 is 15.9 Å². The van der Waals surface area contributed by atoms with E-state index in [4.69, 9.17) is 4.74 Å². The van der Waals surface area contributed by atoms with E-state index in [0.717, 1.165) is 11.1 Å². The second-order valence-electron chi connectivity index (χ2n) is 9.23. The topological polar surface area (TPSA) is 89.2 Å². The number of aliphatic hydroxyl groups excluding tert-OH is 1. The first-order valence-corrected chi connectivity index (χ1v) is 11.7. The smallest absolute Gasteiger partial charge is 0.274 e. The van der Waals surface area contributed by atoms with Crippen LogP contribution in [0.25, 0.3) is 33.3 Å². The lowest BCUT2D eigenvalue weighted by atomic mass is 10.0. The normalized spacial score (nSPS) is 11.3. The minimum Gasteiger partial charge on any atom is -0.455 e. The maximum Gasteiger partial charge on any atom is 0.274 e. The number of aliphatic hydroxyl groups is 1. The van der Waals surface area contributed by atoms with E-state index >= 15 is 0 Å². The van der Waals surface area contributed by atoms with Crippen LogP contribution in [0.1, 0.15) is 16.7 Å². The SMILES string of the molecule is Cc1cccc(C)c1Oc1cn(C)c(=O)cc1-c1cn(C)c(=O)c2[nH]c(-c3cc(CO)ccc3F)cc12. The highest BCUT2D eigenvalue weighted by Crippen LogP contribution is 2.38. The first-order valence-electron chi connectivity index (χ1n) is 11.7. The lowest BCUT2D eigenvalue weighted by Crippen LogP contribution is -2.18. The first kappa shape index (κ1) is 24.3. The molecule has 0 bridgehead atoms. The summed E-state index contributed by atoms with van der Waals surface area (Å²) in [5.41, 5.74) is 3.83. The van der Waals surface area contributed by atoms with E-state index in [1.54, 1.807) is 32.6 Å². The number of fused-ring (bicyclic) bond motifs is 1. The fourth-order valence-corrected chi connectivity index (χ4v) is 4.54. The molecule has 37 heavy (non-hydrogen) atoms. The summed E-state index contributed by atoms with van der Waals surface area (Å²) in [6, 6.07) is 13.3. The van der Waals surface area contributed by atoms with Crippen LogP contribution in [-0.4, -0.2) is 19.2 Å². The van der Waals surface area contributed by atoms with E-state index in [2.05, 4.69) is 4.98 Å². The Morgan fingerprint density at radius 1 is 0.919 bits per heavy atom. The van der Waals surface area contributed by atoms with Crippen molar-refractivity contribution in [2.75, 3.05) is 0 Å². The Morgan fingerprint density at radius 2 is 1.65 bits per heavy atom. The molecular weight excluding hydrogens is 473 g/mol. The third-order valence-electron chi connectivity index (χ3n) is 6.57. The van der Waals surface area contributed by atoms with Gasteiger partial charge >= 0.3 is 0 Å². The van der Waals surface area contributed by atoms with Crippen LogP contribution in [0.2, 0.25) is 0 Å². The van der Waals surface area contributed by atoms with Crippen molar-refractivity contribution in [2.24, 2.45) is 14.1 Å². The monoisotopic (exact) mass is 499 g/mol. The molecule has 8 heteroatoms. The molecule has 0 aliphatic rings. The summed E-state index contributed by atoms with van der Waals surface area (Å²) in [7, 11) is 3.26. The maximum atomic E-state index is 14.8. The van der Waals surface area contributed by atoms with Gasteiger partial charge in [-0.1, -0.05) is 24.3 Å². The molecule has 0 saturated heterocycles. The van der Waals surface area contributed by atoms with Crippen LogP contribution in [-0.2, 0) is 20.7 Å². The number of benzene rings is 2. The average Bonchev–Trinajstić information content (AvgIpc) is 3.32. The van der Waals surface area contributed by atoms with E-state index in [0.29, 0.717) is 39.3 Å². The van der Waals surface area contributed by atoms with Gasteiger partial charge in [-0.05, 0) is 48.7 Å². The minimum absolute atomic E-state index is 0.228. The van der Waals surface area contributed by atoms with Crippen molar-refractivity contribution in [1.29, 1.82) is 0 Å². The zero-order valence-corrected chi connectivity index (χ0v) is 20.9. The van der Waals surface area contributed by atoms with Gasteiger partial charge in [-0.15, -0.1) is 0 Å². The predicted molar refractivity (Wildman–Crippen MR) is 142 cm³/mol. The third kappa shape index (κ3) is 4.25. The summed E-state index contributed by atoms with van der Waals surface area (Å²) in [6.45, 7) is 3.65. The molecule has 0 fully saturated rings. The third-order valence-corrected chi connectivity index (χ3v) is 6.57.